The van der Waals surface area contributed by atoms with Crippen LogP contribution in [0.5, 0.6) is 5.75 Å². The van der Waals surface area contributed by atoms with Gasteiger partial charge in [0.1, 0.15) is 5.75 Å². The van der Waals surface area contributed by atoms with Gasteiger partial charge in [-0.1, -0.05) is 23.7 Å². The molecule has 3 rings (SSSR count). The van der Waals surface area contributed by atoms with Crippen LogP contribution in [-0.2, 0) is 0 Å². The third-order valence-corrected chi connectivity index (χ3v) is 4.01. The van der Waals surface area contributed by atoms with Gasteiger partial charge in [-0.15, -0.1) is 0 Å². The van der Waals surface area contributed by atoms with Gasteiger partial charge in [-0.3, -0.25) is 0 Å². The van der Waals surface area contributed by atoms with Crippen molar-refractivity contribution in [3.63, 3.8) is 0 Å². The summed E-state index contributed by atoms with van der Waals surface area (Å²) in [4.78, 5) is 4.57. The van der Waals surface area contributed by atoms with Crippen molar-refractivity contribution >= 4 is 11.6 Å². The predicted octanol–water partition coefficient (Wildman–Crippen LogP) is 3.65. The van der Waals surface area contributed by atoms with Gasteiger partial charge in [0.05, 0.1) is 12.2 Å². The number of piperidine rings is 1. The van der Waals surface area contributed by atoms with Crippen LogP contribution in [0.15, 0.2) is 22.7 Å². The van der Waals surface area contributed by atoms with Crippen molar-refractivity contribution in [1.82, 2.24) is 15.5 Å². The zero-order valence-corrected chi connectivity index (χ0v) is 13.4. The highest BCUT2D eigenvalue weighted by atomic mass is 35.5. The van der Waals surface area contributed by atoms with E-state index in [0.717, 1.165) is 43.7 Å². The topological polar surface area (TPSA) is 60.2 Å². The Morgan fingerprint density at radius 2 is 2.18 bits per heavy atom. The molecule has 5 nitrogen and oxygen atoms in total. The lowest BCUT2D eigenvalue weighted by Crippen LogP contribution is -2.26. The smallest absolute Gasteiger partial charge is 0.230 e. The van der Waals surface area contributed by atoms with Crippen LogP contribution < -0.4 is 10.1 Å². The minimum Gasteiger partial charge on any atom is -0.493 e. The largest absolute Gasteiger partial charge is 0.493 e. The molecule has 0 spiro atoms. The van der Waals surface area contributed by atoms with Crippen LogP contribution >= 0.6 is 11.6 Å². The summed E-state index contributed by atoms with van der Waals surface area (Å²) >= 11 is 6.11. The van der Waals surface area contributed by atoms with Gasteiger partial charge in [-0.2, -0.15) is 4.98 Å². The monoisotopic (exact) mass is 321 g/mol. The fourth-order valence-electron chi connectivity index (χ4n) is 2.59. The molecule has 2 heterocycles. The Bertz CT molecular complexity index is 624. The first-order chi connectivity index (χ1) is 10.8. The van der Waals surface area contributed by atoms with Gasteiger partial charge >= 0.3 is 0 Å². The van der Waals surface area contributed by atoms with Crippen molar-refractivity contribution in [2.45, 2.75) is 32.1 Å². The summed E-state index contributed by atoms with van der Waals surface area (Å²) < 4.78 is 11.2. The fourth-order valence-corrected chi connectivity index (χ4v) is 2.77. The maximum absolute atomic E-state index is 6.11. The van der Waals surface area contributed by atoms with Crippen molar-refractivity contribution in [3.8, 4) is 17.1 Å². The summed E-state index contributed by atoms with van der Waals surface area (Å²) in [5, 5.41) is 8.09. The standard InChI is InChI=1S/C16H20ClN3O2/c1-2-9-21-14-4-3-12(17)10-13(14)15-19-16(22-20-15)11-5-7-18-8-6-11/h3-4,10-11,18H,2,5-9H2,1H3. The molecule has 0 atom stereocenters. The van der Waals surface area contributed by atoms with Crippen LogP contribution in [0.3, 0.4) is 0 Å². The van der Waals surface area contributed by atoms with Gasteiger partial charge in [-0.05, 0) is 50.6 Å². The zero-order valence-electron chi connectivity index (χ0n) is 12.6. The maximum atomic E-state index is 6.11. The Morgan fingerprint density at radius 1 is 1.36 bits per heavy atom. The predicted molar refractivity (Wildman–Crippen MR) is 85.4 cm³/mol. The van der Waals surface area contributed by atoms with Crippen LogP contribution in [0.4, 0.5) is 0 Å². The molecule has 1 saturated heterocycles. The lowest BCUT2D eigenvalue weighted by molar-refractivity contribution is 0.316. The van der Waals surface area contributed by atoms with Crippen molar-refractivity contribution < 1.29 is 9.26 Å². The normalized spacial score (nSPS) is 15.9. The molecule has 22 heavy (non-hydrogen) atoms. The van der Waals surface area contributed by atoms with Crippen molar-refractivity contribution in [1.29, 1.82) is 0 Å². The average molecular weight is 322 g/mol. The van der Waals surface area contributed by atoms with Crippen molar-refractivity contribution in [2.24, 2.45) is 0 Å². The van der Waals surface area contributed by atoms with Crippen LogP contribution in [-0.4, -0.2) is 29.8 Å². The molecule has 1 aliphatic rings. The quantitative estimate of drug-likeness (QED) is 0.911. The van der Waals surface area contributed by atoms with E-state index in [0.29, 0.717) is 29.3 Å². The molecule has 2 aromatic rings. The van der Waals surface area contributed by atoms with Crippen LogP contribution in [0.2, 0.25) is 5.02 Å². The Kier molecular flexibility index (Phi) is 4.95. The van der Waals surface area contributed by atoms with Crippen LogP contribution in [0, 0.1) is 0 Å². The summed E-state index contributed by atoms with van der Waals surface area (Å²) in [6.07, 6.45) is 2.99. The molecule has 1 aromatic carbocycles. The molecule has 0 amide bonds. The lowest BCUT2D eigenvalue weighted by Gasteiger charge is -2.18. The first kappa shape index (κ1) is 15.3. The zero-order chi connectivity index (χ0) is 15.4. The number of nitrogens with one attached hydrogen (secondary N) is 1. The van der Waals surface area contributed by atoms with Gasteiger partial charge < -0.3 is 14.6 Å². The fraction of sp³-hybridized carbons (Fsp3) is 0.500. The van der Waals surface area contributed by atoms with E-state index >= 15 is 0 Å². The summed E-state index contributed by atoms with van der Waals surface area (Å²) in [6.45, 7) is 4.70. The molecule has 6 heteroatoms. The highest BCUT2D eigenvalue weighted by Gasteiger charge is 2.22. The molecule has 1 fully saturated rings. The molecule has 0 saturated carbocycles. The third-order valence-electron chi connectivity index (χ3n) is 3.77. The molecule has 0 aliphatic carbocycles. The van der Waals surface area contributed by atoms with Crippen molar-refractivity contribution in [2.75, 3.05) is 19.7 Å². The lowest BCUT2D eigenvalue weighted by atomic mass is 9.98. The molecule has 1 aromatic heterocycles. The first-order valence-electron chi connectivity index (χ1n) is 7.75. The Labute approximate surface area is 135 Å². The number of aromatic nitrogens is 2. The number of hydrogen-bond donors (Lipinski definition) is 1. The summed E-state index contributed by atoms with van der Waals surface area (Å²) in [7, 11) is 0. The second kappa shape index (κ2) is 7.11. The van der Waals surface area contributed by atoms with E-state index in [1.54, 1.807) is 0 Å². The SMILES string of the molecule is CCCOc1ccc(Cl)cc1-c1noc(C2CCNCC2)n1. The van der Waals surface area contributed by atoms with Gasteiger partial charge in [0.15, 0.2) is 0 Å². The minimum atomic E-state index is 0.335. The van der Waals surface area contributed by atoms with Gasteiger partial charge in [0.2, 0.25) is 11.7 Å². The van der Waals surface area contributed by atoms with E-state index in [2.05, 4.69) is 22.4 Å². The maximum Gasteiger partial charge on any atom is 0.230 e. The van der Waals surface area contributed by atoms with E-state index in [4.69, 9.17) is 20.9 Å². The van der Waals surface area contributed by atoms with E-state index in [1.165, 1.54) is 0 Å². The number of nitrogens with zero attached hydrogens (tertiary/aromatic N) is 2. The molecule has 0 unspecified atom stereocenters. The second-order valence-corrected chi connectivity index (χ2v) is 5.91. The molecule has 1 N–H and O–H groups in total. The number of halogens is 1. The number of benzene rings is 1. The number of ether oxygens (including phenoxy) is 1. The highest BCUT2D eigenvalue weighted by molar-refractivity contribution is 6.30. The summed E-state index contributed by atoms with van der Waals surface area (Å²) in [6, 6.07) is 5.49. The van der Waals surface area contributed by atoms with Crippen molar-refractivity contribution in [3.05, 3.63) is 29.1 Å². The summed E-state index contributed by atoms with van der Waals surface area (Å²) in [5.41, 5.74) is 0.782. The van der Waals surface area contributed by atoms with E-state index in [1.807, 2.05) is 18.2 Å². The Balaban J connectivity index is 1.86. The molecule has 0 radical (unpaired) electrons. The molecule has 118 valence electrons. The third kappa shape index (κ3) is 3.42. The van der Waals surface area contributed by atoms with Gasteiger partial charge in [-0.25, -0.2) is 0 Å². The van der Waals surface area contributed by atoms with Crippen LogP contribution in [0.1, 0.15) is 38.0 Å². The second-order valence-electron chi connectivity index (χ2n) is 5.47. The van der Waals surface area contributed by atoms with E-state index in [9.17, 15) is 0 Å². The summed E-state index contributed by atoms with van der Waals surface area (Å²) in [5.74, 6) is 2.32. The van der Waals surface area contributed by atoms with E-state index < -0.39 is 0 Å². The number of rotatable bonds is 5. The number of hydrogen-bond acceptors (Lipinski definition) is 5. The minimum absolute atomic E-state index is 0.335. The molecule has 1 aliphatic heterocycles. The Morgan fingerprint density at radius 3 is 2.95 bits per heavy atom. The van der Waals surface area contributed by atoms with Gasteiger partial charge in [0, 0.05) is 10.9 Å². The Hall–Kier alpha value is -1.59. The molecule has 0 bridgehead atoms. The van der Waals surface area contributed by atoms with Crippen LogP contribution in [0.25, 0.3) is 11.4 Å². The highest BCUT2D eigenvalue weighted by Crippen LogP contribution is 2.33. The first-order valence-corrected chi connectivity index (χ1v) is 8.12. The molecular weight excluding hydrogens is 302 g/mol. The molecular formula is C16H20ClN3O2. The van der Waals surface area contributed by atoms with Gasteiger partial charge in [0.25, 0.3) is 0 Å². The average Bonchev–Trinajstić information content (AvgIpc) is 3.04. The van der Waals surface area contributed by atoms with E-state index in [-0.39, 0.29) is 0 Å².